The molecule has 0 bridgehead atoms. The summed E-state index contributed by atoms with van der Waals surface area (Å²) in [7, 11) is 0. The Bertz CT molecular complexity index is 365. The predicted molar refractivity (Wildman–Crippen MR) is 69.8 cm³/mol. The average molecular weight is 301 g/mol. The molecule has 0 unspecified atom stereocenters. The third-order valence-electron chi connectivity index (χ3n) is 2.39. The van der Waals surface area contributed by atoms with Crippen molar-refractivity contribution < 1.29 is 9.90 Å². The van der Waals surface area contributed by atoms with Crippen LogP contribution in [-0.2, 0) is 0 Å². The molecule has 94 valence electrons. The summed E-state index contributed by atoms with van der Waals surface area (Å²) in [6, 6.07) is 3.59. The molecule has 0 aliphatic rings. The zero-order valence-electron chi connectivity index (χ0n) is 10.1. The van der Waals surface area contributed by atoms with Crippen LogP contribution in [0.25, 0.3) is 0 Å². The lowest BCUT2D eigenvalue weighted by molar-refractivity contribution is 0.0687. The summed E-state index contributed by atoms with van der Waals surface area (Å²) in [4.78, 5) is 18.0. The van der Waals surface area contributed by atoms with E-state index in [4.69, 9.17) is 5.11 Å². The molecule has 0 saturated heterocycles. The number of nitrogens with zero attached hydrogens (tertiary/aromatic N) is 2. The lowest BCUT2D eigenvalue weighted by atomic mass is 10.2. The van der Waals surface area contributed by atoms with Crippen LogP contribution in [0.1, 0.15) is 30.8 Å². The summed E-state index contributed by atoms with van der Waals surface area (Å²) in [5, 5.41) is 8.83. The topological polar surface area (TPSA) is 53.4 Å². The van der Waals surface area contributed by atoms with E-state index in [9.17, 15) is 4.79 Å². The van der Waals surface area contributed by atoms with Gasteiger partial charge in [0.05, 0.1) is 0 Å². The van der Waals surface area contributed by atoms with E-state index in [0.717, 1.165) is 4.47 Å². The number of amides is 1. The Labute approximate surface area is 110 Å². The van der Waals surface area contributed by atoms with Crippen LogP contribution in [-0.4, -0.2) is 40.1 Å². The van der Waals surface area contributed by atoms with Crippen LogP contribution in [0.15, 0.2) is 22.8 Å². The maximum atomic E-state index is 12.2. The van der Waals surface area contributed by atoms with Crippen LogP contribution in [0.4, 0.5) is 0 Å². The van der Waals surface area contributed by atoms with E-state index < -0.39 is 0 Å². The zero-order valence-corrected chi connectivity index (χ0v) is 11.6. The summed E-state index contributed by atoms with van der Waals surface area (Å²) < 4.78 is 0.848. The first-order valence-electron chi connectivity index (χ1n) is 5.59. The smallest absolute Gasteiger partial charge is 0.272 e. The number of aliphatic hydroxyl groups excluding tert-OH is 1. The molecule has 0 aliphatic heterocycles. The molecular weight excluding hydrogens is 284 g/mol. The number of rotatable bonds is 5. The molecule has 0 aromatic carbocycles. The number of hydrogen-bond acceptors (Lipinski definition) is 3. The Morgan fingerprint density at radius 3 is 2.71 bits per heavy atom. The molecule has 0 aliphatic carbocycles. The van der Waals surface area contributed by atoms with Gasteiger partial charge in [-0.05, 0) is 48.3 Å². The van der Waals surface area contributed by atoms with Crippen molar-refractivity contribution in [1.29, 1.82) is 0 Å². The van der Waals surface area contributed by atoms with E-state index in [0.29, 0.717) is 18.7 Å². The van der Waals surface area contributed by atoms with Crippen LogP contribution in [0.5, 0.6) is 0 Å². The van der Waals surface area contributed by atoms with E-state index in [-0.39, 0.29) is 18.6 Å². The number of hydrogen-bond donors (Lipinski definition) is 1. The van der Waals surface area contributed by atoms with E-state index in [1.165, 1.54) is 0 Å². The van der Waals surface area contributed by atoms with Gasteiger partial charge in [0.15, 0.2) is 0 Å². The normalized spacial score (nSPS) is 10.6. The van der Waals surface area contributed by atoms with Gasteiger partial charge in [-0.3, -0.25) is 4.79 Å². The average Bonchev–Trinajstić information content (AvgIpc) is 2.29. The highest BCUT2D eigenvalue weighted by Gasteiger charge is 2.19. The Morgan fingerprint density at radius 1 is 1.53 bits per heavy atom. The minimum atomic E-state index is -0.0963. The van der Waals surface area contributed by atoms with Crippen molar-refractivity contribution in [2.45, 2.75) is 26.3 Å². The minimum Gasteiger partial charge on any atom is -0.396 e. The second-order valence-corrected chi connectivity index (χ2v) is 4.95. The number of aromatic nitrogens is 1. The van der Waals surface area contributed by atoms with Crippen molar-refractivity contribution >= 4 is 21.8 Å². The Hall–Kier alpha value is -0.940. The van der Waals surface area contributed by atoms with Gasteiger partial charge in [0.25, 0.3) is 5.91 Å². The first kappa shape index (κ1) is 14.1. The number of aliphatic hydroxyl groups is 1. The lowest BCUT2D eigenvalue weighted by Gasteiger charge is -2.26. The van der Waals surface area contributed by atoms with Gasteiger partial charge in [-0.2, -0.15) is 0 Å². The highest BCUT2D eigenvalue weighted by atomic mass is 79.9. The Kier molecular flexibility index (Phi) is 5.58. The molecule has 5 heteroatoms. The van der Waals surface area contributed by atoms with Crippen molar-refractivity contribution in [3.05, 3.63) is 28.5 Å². The number of pyridine rings is 1. The fraction of sp³-hybridized carbons (Fsp3) is 0.500. The molecular formula is C12H17BrN2O2. The molecule has 1 N–H and O–H groups in total. The molecule has 1 amide bonds. The first-order valence-corrected chi connectivity index (χ1v) is 6.39. The molecule has 4 nitrogen and oxygen atoms in total. The second kappa shape index (κ2) is 6.71. The monoisotopic (exact) mass is 300 g/mol. The fourth-order valence-electron chi connectivity index (χ4n) is 1.48. The molecule has 0 atom stereocenters. The molecule has 0 spiro atoms. The van der Waals surface area contributed by atoms with Crippen molar-refractivity contribution in [2.24, 2.45) is 0 Å². The lowest BCUT2D eigenvalue weighted by Crippen LogP contribution is -2.38. The van der Waals surface area contributed by atoms with Crippen molar-refractivity contribution in [1.82, 2.24) is 9.88 Å². The summed E-state index contributed by atoms with van der Waals surface area (Å²) in [6.07, 6.45) is 2.19. The number of halogens is 1. The van der Waals surface area contributed by atoms with Gasteiger partial charge in [-0.15, -0.1) is 0 Å². The van der Waals surface area contributed by atoms with E-state index >= 15 is 0 Å². The van der Waals surface area contributed by atoms with Gasteiger partial charge in [-0.1, -0.05) is 0 Å². The third-order valence-corrected chi connectivity index (χ3v) is 2.86. The molecule has 1 aromatic heterocycles. The molecule has 17 heavy (non-hydrogen) atoms. The largest absolute Gasteiger partial charge is 0.396 e. The van der Waals surface area contributed by atoms with Crippen LogP contribution in [0.2, 0.25) is 0 Å². The highest BCUT2D eigenvalue weighted by Crippen LogP contribution is 2.11. The van der Waals surface area contributed by atoms with Crippen molar-refractivity contribution in [3.63, 3.8) is 0 Å². The number of carbonyl (C=O) groups is 1. The first-order chi connectivity index (χ1) is 8.06. The quantitative estimate of drug-likeness (QED) is 0.906. The minimum absolute atomic E-state index is 0.0876. The summed E-state index contributed by atoms with van der Waals surface area (Å²) in [6.45, 7) is 4.54. The second-order valence-electron chi connectivity index (χ2n) is 4.03. The highest BCUT2D eigenvalue weighted by molar-refractivity contribution is 9.10. The van der Waals surface area contributed by atoms with Gasteiger partial charge < -0.3 is 10.0 Å². The third kappa shape index (κ3) is 4.09. The van der Waals surface area contributed by atoms with Crippen LogP contribution < -0.4 is 0 Å². The van der Waals surface area contributed by atoms with Gasteiger partial charge >= 0.3 is 0 Å². The Morgan fingerprint density at radius 2 is 2.24 bits per heavy atom. The standard InChI is InChI=1S/C12H17BrN2O2/c1-9(2)15(6-3-7-16)12(17)11-5-4-10(13)8-14-11/h4-5,8-9,16H,3,6-7H2,1-2H3. The summed E-state index contributed by atoms with van der Waals surface area (Å²) >= 11 is 3.28. The molecule has 0 saturated carbocycles. The van der Waals surface area contributed by atoms with Crippen molar-refractivity contribution in [3.8, 4) is 0 Å². The Balaban J connectivity index is 2.80. The maximum absolute atomic E-state index is 12.2. The molecule has 0 fully saturated rings. The molecule has 1 aromatic rings. The van der Waals surface area contributed by atoms with Gasteiger partial charge in [0.2, 0.25) is 0 Å². The summed E-state index contributed by atoms with van der Waals surface area (Å²) in [5.41, 5.74) is 0.430. The van der Waals surface area contributed by atoms with Gasteiger partial charge in [0.1, 0.15) is 5.69 Å². The maximum Gasteiger partial charge on any atom is 0.272 e. The SMILES string of the molecule is CC(C)N(CCCO)C(=O)c1ccc(Br)cn1. The predicted octanol–water partition coefficient (Wildman–Crippen LogP) is 2.08. The van der Waals surface area contributed by atoms with E-state index in [2.05, 4.69) is 20.9 Å². The van der Waals surface area contributed by atoms with Gasteiger partial charge in [0, 0.05) is 29.9 Å². The van der Waals surface area contributed by atoms with Crippen molar-refractivity contribution in [2.75, 3.05) is 13.2 Å². The number of carbonyl (C=O) groups excluding carboxylic acids is 1. The molecule has 0 radical (unpaired) electrons. The van der Waals surface area contributed by atoms with Crippen LogP contribution in [0, 0.1) is 0 Å². The van der Waals surface area contributed by atoms with Gasteiger partial charge in [-0.25, -0.2) is 4.98 Å². The molecule has 1 rings (SSSR count). The van der Waals surface area contributed by atoms with E-state index in [1.807, 2.05) is 13.8 Å². The van der Waals surface area contributed by atoms with Crippen LogP contribution >= 0.6 is 15.9 Å². The van der Waals surface area contributed by atoms with Crippen LogP contribution in [0.3, 0.4) is 0 Å². The molecule has 1 heterocycles. The van der Waals surface area contributed by atoms with E-state index in [1.54, 1.807) is 23.2 Å². The zero-order chi connectivity index (χ0) is 12.8. The fourth-order valence-corrected chi connectivity index (χ4v) is 1.72. The summed E-state index contributed by atoms with van der Waals surface area (Å²) in [5.74, 6) is -0.0963.